The number of hydrogen-bond donors (Lipinski definition) is 1. The van der Waals surface area contributed by atoms with Gasteiger partial charge in [0.25, 0.3) is 0 Å². The number of hydrogen-bond acceptors (Lipinski definition) is 4. The zero-order valence-electron chi connectivity index (χ0n) is 8.90. The molecule has 6 heteroatoms. The molecule has 88 valence electrons. The van der Waals surface area contributed by atoms with E-state index in [4.69, 9.17) is 11.6 Å². The summed E-state index contributed by atoms with van der Waals surface area (Å²) in [5.74, 6) is 1.10. The maximum Gasteiger partial charge on any atom is 0.148 e. The summed E-state index contributed by atoms with van der Waals surface area (Å²) in [6.45, 7) is 3.53. The molecule has 1 N–H and O–H groups in total. The van der Waals surface area contributed by atoms with Gasteiger partial charge in [0.1, 0.15) is 17.3 Å². The lowest BCUT2D eigenvalue weighted by Crippen LogP contribution is -2.43. The van der Waals surface area contributed by atoms with E-state index in [2.05, 4.69) is 32.8 Å². The van der Waals surface area contributed by atoms with Crippen LogP contribution in [0.25, 0.3) is 0 Å². The van der Waals surface area contributed by atoms with Crippen LogP contribution in [0.4, 0.5) is 5.82 Å². The van der Waals surface area contributed by atoms with Gasteiger partial charge in [-0.1, -0.05) is 18.5 Å². The fourth-order valence-electron chi connectivity index (χ4n) is 1.80. The zero-order chi connectivity index (χ0) is 11.7. The van der Waals surface area contributed by atoms with Crippen molar-refractivity contribution in [1.82, 2.24) is 9.97 Å². The fourth-order valence-corrected chi connectivity index (χ4v) is 2.39. The second-order valence-corrected chi connectivity index (χ2v) is 5.23. The van der Waals surface area contributed by atoms with E-state index in [1.54, 1.807) is 0 Å². The largest absolute Gasteiger partial charge is 0.391 e. The molecule has 0 spiro atoms. The number of β-amino-alcohol motifs (C(OH)–C–C–N with tert-alkyl or cyclic N) is 1. The highest BCUT2D eigenvalue weighted by Crippen LogP contribution is 2.31. The van der Waals surface area contributed by atoms with E-state index in [1.165, 1.54) is 6.33 Å². The predicted octanol–water partition coefficient (Wildman–Crippen LogP) is 2.10. The van der Waals surface area contributed by atoms with Crippen LogP contribution in [0.3, 0.4) is 0 Å². The number of piperidine rings is 1. The van der Waals surface area contributed by atoms with Crippen LogP contribution in [0, 0.1) is 5.92 Å². The first-order chi connectivity index (χ1) is 7.59. The molecule has 0 aromatic carbocycles. The van der Waals surface area contributed by atoms with Crippen LogP contribution in [-0.4, -0.2) is 34.3 Å². The molecule has 1 fully saturated rings. The Morgan fingerprint density at radius 1 is 1.56 bits per heavy atom. The quantitative estimate of drug-likeness (QED) is 0.807. The summed E-state index contributed by atoms with van der Waals surface area (Å²) in [5.41, 5.74) is 0. The van der Waals surface area contributed by atoms with Crippen molar-refractivity contribution in [3.63, 3.8) is 0 Å². The molecule has 0 amide bonds. The van der Waals surface area contributed by atoms with Crippen LogP contribution in [0.15, 0.2) is 10.8 Å². The number of aliphatic hydroxyl groups excluding tert-OH is 1. The number of anilines is 1. The smallest absolute Gasteiger partial charge is 0.148 e. The van der Waals surface area contributed by atoms with E-state index in [1.807, 2.05) is 4.90 Å². The van der Waals surface area contributed by atoms with Gasteiger partial charge in [-0.05, 0) is 28.3 Å². The Bertz CT molecular complexity index is 390. The van der Waals surface area contributed by atoms with Gasteiger partial charge in [0.15, 0.2) is 0 Å². The average Bonchev–Trinajstić information content (AvgIpc) is 2.26. The predicted molar refractivity (Wildman–Crippen MR) is 66.7 cm³/mol. The normalized spacial score (nSPS) is 25.9. The lowest BCUT2D eigenvalue weighted by atomic mass is 9.96. The minimum Gasteiger partial charge on any atom is -0.391 e. The van der Waals surface area contributed by atoms with Gasteiger partial charge in [-0.2, -0.15) is 0 Å². The molecule has 0 radical (unpaired) electrons. The number of nitrogens with zero attached hydrogens (tertiary/aromatic N) is 3. The summed E-state index contributed by atoms with van der Waals surface area (Å²) >= 11 is 9.28. The second kappa shape index (κ2) is 4.85. The molecule has 0 saturated carbocycles. The van der Waals surface area contributed by atoms with Gasteiger partial charge in [-0.25, -0.2) is 9.97 Å². The third-order valence-corrected chi connectivity index (χ3v) is 4.19. The molecule has 4 nitrogen and oxygen atoms in total. The molecule has 2 unspecified atom stereocenters. The fraction of sp³-hybridized carbons (Fsp3) is 0.600. The first-order valence-corrected chi connectivity index (χ1v) is 6.35. The molecule has 2 heterocycles. The van der Waals surface area contributed by atoms with E-state index < -0.39 is 0 Å². The Morgan fingerprint density at radius 2 is 2.31 bits per heavy atom. The summed E-state index contributed by atoms with van der Waals surface area (Å²) in [6.07, 6.45) is 2.08. The van der Waals surface area contributed by atoms with E-state index in [0.29, 0.717) is 22.1 Å². The molecule has 0 aliphatic carbocycles. The Kier molecular flexibility index (Phi) is 3.66. The van der Waals surface area contributed by atoms with Crippen LogP contribution in [-0.2, 0) is 0 Å². The summed E-state index contributed by atoms with van der Waals surface area (Å²) in [4.78, 5) is 10.1. The van der Waals surface area contributed by atoms with Gasteiger partial charge in [0.2, 0.25) is 0 Å². The highest BCUT2D eigenvalue weighted by atomic mass is 79.9. The van der Waals surface area contributed by atoms with Crippen LogP contribution in [0.1, 0.15) is 13.3 Å². The number of rotatable bonds is 1. The van der Waals surface area contributed by atoms with E-state index >= 15 is 0 Å². The third-order valence-electron chi connectivity index (χ3n) is 2.95. The topological polar surface area (TPSA) is 49.2 Å². The first-order valence-electron chi connectivity index (χ1n) is 5.18. The van der Waals surface area contributed by atoms with Crippen LogP contribution >= 0.6 is 27.5 Å². The highest BCUT2D eigenvalue weighted by Gasteiger charge is 2.26. The maximum atomic E-state index is 9.84. The Balaban J connectivity index is 2.22. The van der Waals surface area contributed by atoms with Gasteiger partial charge in [-0.3, -0.25) is 0 Å². The number of halogens is 2. The van der Waals surface area contributed by atoms with Crippen molar-refractivity contribution >= 4 is 33.3 Å². The maximum absolute atomic E-state index is 9.84. The van der Waals surface area contributed by atoms with Crippen LogP contribution < -0.4 is 4.90 Å². The van der Waals surface area contributed by atoms with Crippen LogP contribution in [0.5, 0.6) is 0 Å². The van der Waals surface area contributed by atoms with Gasteiger partial charge >= 0.3 is 0 Å². The zero-order valence-corrected chi connectivity index (χ0v) is 11.2. The molecule has 1 aliphatic rings. The number of aliphatic hydroxyl groups is 1. The van der Waals surface area contributed by atoms with E-state index in [0.717, 1.165) is 18.8 Å². The molecule has 1 aromatic heterocycles. The van der Waals surface area contributed by atoms with E-state index in [9.17, 15) is 5.11 Å². The van der Waals surface area contributed by atoms with Gasteiger partial charge in [0, 0.05) is 13.1 Å². The molecule has 1 aliphatic heterocycles. The molecule has 2 rings (SSSR count). The molecule has 2 atom stereocenters. The van der Waals surface area contributed by atoms with E-state index in [-0.39, 0.29) is 6.10 Å². The molecule has 1 saturated heterocycles. The average molecular weight is 307 g/mol. The van der Waals surface area contributed by atoms with Crippen molar-refractivity contribution in [1.29, 1.82) is 0 Å². The van der Waals surface area contributed by atoms with Crippen molar-refractivity contribution in [2.24, 2.45) is 5.92 Å². The monoisotopic (exact) mass is 305 g/mol. The minimum absolute atomic E-state index is 0.311. The molecule has 1 aromatic rings. The first kappa shape index (κ1) is 12.1. The van der Waals surface area contributed by atoms with Gasteiger partial charge in [-0.15, -0.1) is 0 Å². The minimum atomic E-state index is -0.311. The lowest BCUT2D eigenvalue weighted by Gasteiger charge is -2.35. The van der Waals surface area contributed by atoms with Gasteiger partial charge < -0.3 is 10.0 Å². The van der Waals surface area contributed by atoms with Crippen molar-refractivity contribution in [3.8, 4) is 0 Å². The molecular weight excluding hydrogens is 293 g/mol. The highest BCUT2D eigenvalue weighted by molar-refractivity contribution is 9.10. The van der Waals surface area contributed by atoms with Crippen LogP contribution in [0.2, 0.25) is 5.15 Å². The number of aromatic nitrogens is 2. The summed E-state index contributed by atoms with van der Waals surface area (Å²) in [5, 5.41) is 10.2. The molecule has 16 heavy (non-hydrogen) atoms. The third kappa shape index (κ3) is 2.31. The Morgan fingerprint density at radius 3 is 3.00 bits per heavy atom. The Labute approximate surface area is 108 Å². The summed E-state index contributed by atoms with van der Waals surface area (Å²) in [7, 11) is 0. The van der Waals surface area contributed by atoms with Gasteiger partial charge in [0.05, 0.1) is 10.6 Å². The lowest BCUT2D eigenvalue weighted by molar-refractivity contribution is 0.102. The van der Waals surface area contributed by atoms with Crippen molar-refractivity contribution in [2.45, 2.75) is 19.4 Å². The Hall–Kier alpha value is -0.390. The molecular formula is C10H13BrClN3O. The van der Waals surface area contributed by atoms with Crippen molar-refractivity contribution in [2.75, 3.05) is 18.0 Å². The summed E-state index contributed by atoms with van der Waals surface area (Å²) in [6, 6.07) is 0. The summed E-state index contributed by atoms with van der Waals surface area (Å²) < 4.78 is 0.693. The van der Waals surface area contributed by atoms with Crippen molar-refractivity contribution in [3.05, 3.63) is 16.0 Å². The molecule has 0 bridgehead atoms. The standard InChI is InChI=1S/C10H13BrClN3O/c1-6-2-3-15(4-7(6)16)10-8(11)9(12)13-5-14-10/h5-7,16H,2-4H2,1H3. The SMILES string of the molecule is CC1CCN(c2ncnc(Cl)c2Br)CC1O. The van der Waals surface area contributed by atoms with Crippen molar-refractivity contribution < 1.29 is 5.11 Å². The second-order valence-electron chi connectivity index (χ2n) is 4.08.